The fraction of sp³-hybridized carbons (Fsp3) is 0.900. The first-order valence-electron chi connectivity index (χ1n) is 5.30. The van der Waals surface area contributed by atoms with Crippen LogP contribution in [0.15, 0.2) is 0 Å². The van der Waals surface area contributed by atoms with Crippen LogP contribution in [0, 0.1) is 5.92 Å². The van der Waals surface area contributed by atoms with Gasteiger partial charge < -0.3 is 9.84 Å². The van der Waals surface area contributed by atoms with Crippen LogP contribution in [0.4, 0.5) is 17.6 Å². The first-order chi connectivity index (χ1) is 7.63. The van der Waals surface area contributed by atoms with Crippen LogP contribution in [0.25, 0.3) is 0 Å². The molecular weight excluding hydrogens is 244 g/mol. The van der Waals surface area contributed by atoms with Gasteiger partial charge in [0, 0.05) is 6.92 Å². The number of ether oxygens (including phenoxy) is 1. The molecule has 0 heterocycles. The maximum atomic E-state index is 12.9. The summed E-state index contributed by atoms with van der Waals surface area (Å²) >= 11 is 0. The van der Waals surface area contributed by atoms with Crippen molar-refractivity contribution >= 4 is 5.97 Å². The molecule has 1 rings (SSSR count). The molecule has 0 atom stereocenters. The Hall–Kier alpha value is -0.850. The molecule has 1 fully saturated rings. The number of aliphatic carboxylic acids is 1. The summed E-state index contributed by atoms with van der Waals surface area (Å²) in [4.78, 5) is 10.6. The molecule has 0 aromatic rings. The van der Waals surface area contributed by atoms with Gasteiger partial charge in [-0.05, 0) is 25.7 Å². The molecule has 0 aromatic carbocycles. The molecule has 3 nitrogen and oxygen atoms in total. The highest BCUT2D eigenvalue weighted by atomic mass is 19.3. The van der Waals surface area contributed by atoms with E-state index in [0.717, 1.165) is 0 Å². The van der Waals surface area contributed by atoms with Crippen molar-refractivity contribution in [2.45, 2.75) is 50.7 Å². The molecule has 1 N–H and O–H groups in total. The van der Waals surface area contributed by atoms with Crippen LogP contribution < -0.4 is 0 Å². The van der Waals surface area contributed by atoms with Gasteiger partial charge in [-0.25, -0.2) is 0 Å². The minimum atomic E-state index is -4.51. The first kappa shape index (κ1) is 14.2. The fourth-order valence-corrected chi connectivity index (χ4v) is 1.74. The van der Waals surface area contributed by atoms with Gasteiger partial charge in [0.2, 0.25) is 0 Å². The largest absolute Gasteiger partial charge is 0.481 e. The minimum absolute atomic E-state index is 0.0582. The average Bonchev–Trinajstić information content (AvgIpc) is 2.16. The van der Waals surface area contributed by atoms with Gasteiger partial charge in [0.05, 0.1) is 12.0 Å². The van der Waals surface area contributed by atoms with E-state index in [1.807, 2.05) is 0 Å². The van der Waals surface area contributed by atoms with Crippen molar-refractivity contribution in [1.29, 1.82) is 0 Å². The van der Waals surface area contributed by atoms with E-state index in [1.54, 1.807) is 0 Å². The zero-order valence-electron chi connectivity index (χ0n) is 9.26. The van der Waals surface area contributed by atoms with Gasteiger partial charge >= 0.3 is 18.0 Å². The highest BCUT2D eigenvalue weighted by molar-refractivity contribution is 5.70. The number of carbonyl (C=O) groups is 1. The highest BCUT2D eigenvalue weighted by Crippen LogP contribution is 2.38. The third-order valence-corrected chi connectivity index (χ3v) is 2.85. The van der Waals surface area contributed by atoms with Crippen LogP contribution in [0.3, 0.4) is 0 Å². The molecule has 0 aliphatic heterocycles. The second-order valence-electron chi connectivity index (χ2n) is 4.33. The molecule has 1 aliphatic carbocycles. The fourth-order valence-electron chi connectivity index (χ4n) is 1.74. The Morgan fingerprint density at radius 2 is 1.65 bits per heavy atom. The molecule has 0 aromatic heterocycles. The second-order valence-corrected chi connectivity index (χ2v) is 4.33. The van der Waals surface area contributed by atoms with Crippen molar-refractivity contribution in [3.63, 3.8) is 0 Å². The molecule has 1 aliphatic rings. The van der Waals surface area contributed by atoms with E-state index in [2.05, 4.69) is 4.74 Å². The van der Waals surface area contributed by atoms with Crippen molar-refractivity contribution in [1.82, 2.24) is 0 Å². The van der Waals surface area contributed by atoms with Gasteiger partial charge in [0.1, 0.15) is 0 Å². The van der Waals surface area contributed by atoms with Crippen LogP contribution in [0.5, 0.6) is 0 Å². The van der Waals surface area contributed by atoms with Crippen molar-refractivity contribution in [3.8, 4) is 0 Å². The quantitative estimate of drug-likeness (QED) is 0.789. The van der Waals surface area contributed by atoms with E-state index >= 15 is 0 Å². The number of carboxylic acids is 1. The highest BCUT2D eigenvalue weighted by Gasteiger charge is 2.55. The Balaban J connectivity index is 2.48. The number of alkyl halides is 4. The Bertz CT molecular complexity index is 280. The third kappa shape index (κ3) is 3.55. The van der Waals surface area contributed by atoms with Gasteiger partial charge in [-0.2, -0.15) is 17.6 Å². The van der Waals surface area contributed by atoms with E-state index in [0.29, 0.717) is 0 Å². The molecule has 0 spiro atoms. The lowest BCUT2D eigenvalue weighted by Crippen LogP contribution is -2.44. The molecule has 0 bridgehead atoms. The predicted octanol–water partition coefficient (Wildman–Crippen LogP) is 2.89. The van der Waals surface area contributed by atoms with Crippen molar-refractivity contribution in [3.05, 3.63) is 0 Å². The Labute approximate surface area is 95.7 Å². The van der Waals surface area contributed by atoms with E-state index in [4.69, 9.17) is 5.11 Å². The number of halogens is 4. The average molecular weight is 258 g/mol. The predicted molar refractivity (Wildman–Crippen MR) is 50.0 cm³/mol. The zero-order chi connectivity index (χ0) is 13.3. The van der Waals surface area contributed by atoms with Gasteiger partial charge in [-0.15, -0.1) is 0 Å². The topological polar surface area (TPSA) is 46.5 Å². The van der Waals surface area contributed by atoms with Crippen LogP contribution in [0.1, 0.15) is 32.6 Å². The van der Waals surface area contributed by atoms with E-state index in [9.17, 15) is 22.4 Å². The van der Waals surface area contributed by atoms with Crippen LogP contribution >= 0.6 is 0 Å². The van der Waals surface area contributed by atoms with Crippen molar-refractivity contribution in [2.75, 3.05) is 0 Å². The van der Waals surface area contributed by atoms with Crippen molar-refractivity contribution < 1.29 is 32.2 Å². The number of carboxylic acid groups (broad SMARTS) is 1. The summed E-state index contributed by atoms with van der Waals surface area (Å²) in [6.07, 6.45) is -5.05. The normalized spacial score (nSPS) is 26.9. The second kappa shape index (κ2) is 4.80. The molecule has 0 unspecified atom stereocenters. The summed E-state index contributed by atoms with van der Waals surface area (Å²) in [5.74, 6) is -5.82. The summed E-state index contributed by atoms with van der Waals surface area (Å²) < 4.78 is 54.8. The Morgan fingerprint density at radius 1 is 1.18 bits per heavy atom. The lowest BCUT2D eigenvalue weighted by atomic mass is 9.87. The molecule has 1 saturated carbocycles. The molecular formula is C10H14F4O3. The summed E-state index contributed by atoms with van der Waals surface area (Å²) in [6, 6.07) is 0. The summed E-state index contributed by atoms with van der Waals surface area (Å²) in [5, 5.41) is 8.68. The molecule has 7 heteroatoms. The zero-order valence-corrected chi connectivity index (χ0v) is 9.26. The van der Waals surface area contributed by atoms with Gasteiger partial charge in [-0.1, -0.05) is 0 Å². The monoisotopic (exact) mass is 258 g/mol. The summed E-state index contributed by atoms with van der Waals surface area (Å²) in [7, 11) is 0. The maximum absolute atomic E-state index is 12.9. The smallest absolute Gasteiger partial charge is 0.419 e. The Morgan fingerprint density at radius 3 is 2.00 bits per heavy atom. The first-order valence-corrected chi connectivity index (χ1v) is 5.30. The van der Waals surface area contributed by atoms with Gasteiger partial charge in [0.25, 0.3) is 0 Å². The van der Waals surface area contributed by atoms with E-state index in [-0.39, 0.29) is 32.6 Å². The molecule has 0 saturated heterocycles. The van der Waals surface area contributed by atoms with Crippen LogP contribution in [0.2, 0.25) is 0 Å². The minimum Gasteiger partial charge on any atom is -0.481 e. The number of hydrogen-bond acceptors (Lipinski definition) is 2. The van der Waals surface area contributed by atoms with Gasteiger partial charge in [-0.3, -0.25) is 4.79 Å². The molecule has 0 radical (unpaired) electrons. The maximum Gasteiger partial charge on any atom is 0.419 e. The van der Waals surface area contributed by atoms with Crippen LogP contribution in [-0.4, -0.2) is 29.2 Å². The lowest BCUT2D eigenvalue weighted by Gasteiger charge is -2.31. The van der Waals surface area contributed by atoms with Gasteiger partial charge in [0.15, 0.2) is 0 Å². The Kier molecular flexibility index (Phi) is 4.01. The molecule has 17 heavy (non-hydrogen) atoms. The lowest BCUT2D eigenvalue weighted by molar-refractivity contribution is -0.358. The van der Waals surface area contributed by atoms with Crippen LogP contribution in [-0.2, 0) is 9.53 Å². The summed E-state index contributed by atoms with van der Waals surface area (Å²) in [6.45, 7) is 0.0931. The molecule has 0 amide bonds. The SMILES string of the molecule is CC(F)(F)C(F)(F)OC1CCC(C(=O)O)CC1. The van der Waals surface area contributed by atoms with E-state index < -0.39 is 30.0 Å². The van der Waals surface area contributed by atoms with E-state index in [1.165, 1.54) is 0 Å². The molecule has 100 valence electrons. The number of rotatable bonds is 4. The third-order valence-electron chi connectivity index (χ3n) is 2.85. The summed E-state index contributed by atoms with van der Waals surface area (Å²) in [5.41, 5.74) is 0. The standard InChI is InChI=1S/C10H14F4O3/c1-9(11,12)10(13,14)17-7-4-2-6(3-5-7)8(15)16/h6-7H,2-5H2,1H3,(H,15,16). The van der Waals surface area contributed by atoms with Crippen molar-refractivity contribution in [2.24, 2.45) is 5.92 Å². The number of hydrogen-bond donors (Lipinski definition) is 1.